The summed E-state index contributed by atoms with van der Waals surface area (Å²) >= 11 is 0. The van der Waals surface area contributed by atoms with E-state index in [1.807, 2.05) is 26.8 Å². The second-order valence-corrected chi connectivity index (χ2v) is 7.00. The molecule has 0 unspecified atom stereocenters. The van der Waals surface area contributed by atoms with Crippen molar-refractivity contribution in [3.8, 4) is 0 Å². The van der Waals surface area contributed by atoms with Crippen LogP contribution in [-0.4, -0.2) is 53.8 Å². The van der Waals surface area contributed by atoms with Crippen LogP contribution in [0.2, 0.25) is 0 Å². The molecule has 2 rings (SSSR count). The van der Waals surface area contributed by atoms with Gasteiger partial charge >= 0.3 is 12.1 Å². The van der Waals surface area contributed by atoms with E-state index in [-0.39, 0.29) is 17.5 Å². The second-order valence-electron chi connectivity index (χ2n) is 7.00. The molecular weight excluding hydrogens is 338 g/mol. The van der Waals surface area contributed by atoms with Crippen molar-refractivity contribution in [3.63, 3.8) is 0 Å². The molecule has 0 bridgehead atoms. The number of carbonyl (C=O) groups excluding carboxylic acids is 2. The topological polar surface area (TPSA) is 93.1 Å². The summed E-state index contributed by atoms with van der Waals surface area (Å²) in [7, 11) is 0. The first-order chi connectivity index (χ1) is 12.2. The number of nitrogens with zero attached hydrogens (tertiary/aromatic N) is 1. The highest BCUT2D eigenvalue weighted by Crippen LogP contribution is 2.18. The summed E-state index contributed by atoms with van der Waals surface area (Å²) in [5.41, 5.74) is 0.229. The molecule has 26 heavy (non-hydrogen) atoms. The summed E-state index contributed by atoms with van der Waals surface area (Å²) in [6, 6.07) is 8.87. The van der Waals surface area contributed by atoms with Crippen molar-refractivity contribution in [3.05, 3.63) is 35.9 Å². The van der Waals surface area contributed by atoms with Crippen LogP contribution >= 0.6 is 0 Å². The highest BCUT2D eigenvalue weighted by molar-refractivity contribution is 5.89. The van der Waals surface area contributed by atoms with Gasteiger partial charge in [0.05, 0.1) is 12.2 Å². The van der Waals surface area contributed by atoms with Crippen molar-refractivity contribution < 1.29 is 29.0 Å². The third kappa shape index (κ3) is 8.50. The highest BCUT2D eigenvalue weighted by atomic mass is 16.5. The van der Waals surface area contributed by atoms with E-state index in [1.54, 1.807) is 24.3 Å². The van der Waals surface area contributed by atoms with Crippen LogP contribution in [0.3, 0.4) is 0 Å². The lowest BCUT2D eigenvalue weighted by Gasteiger charge is -2.29. The van der Waals surface area contributed by atoms with Crippen LogP contribution in [0.5, 0.6) is 0 Å². The number of carboxylic acid groups (broad SMARTS) is 1. The Hall–Kier alpha value is -2.57. The van der Waals surface area contributed by atoms with Gasteiger partial charge in [0.25, 0.3) is 6.47 Å². The van der Waals surface area contributed by atoms with Crippen LogP contribution in [0.25, 0.3) is 0 Å². The molecule has 0 aliphatic carbocycles. The predicted octanol–water partition coefficient (Wildman–Crippen LogP) is 3.19. The van der Waals surface area contributed by atoms with Gasteiger partial charge in [-0.1, -0.05) is 18.2 Å². The van der Waals surface area contributed by atoms with E-state index >= 15 is 0 Å². The van der Waals surface area contributed by atoms with Gasteiger partial charge < -0.3 is 19.5 Å². The highest BCUT2D eigenvalue weighted by Gasteiger charge is 2.23. The maximum atomic E-state index is 11.7. The van der Waals surface area contributed by atoms with E-state index in [2.05, 4.69) is 4.74 Å². The van der Waals surface area contributed by atoms with E-state index in [0.717, 1.165) is 12.8 Å². The molecule has 0 aromatic heterocycles. The van der Waals surface area contributed by atoms with Gasteiger partial charge in [0.15, 0.2) is 0 Å². The number of esters is 1. The van der Waals surface area contributed by atoms with Gasteiger partial charge in [0.1, 0.15) is 5.60 Å². The minimum Gasteiger partial charge on any atom is -0.465 e. The van der Waals surface area contributed by atoms with Crippen LogP contribution in [0.4, 0.5) is 4.79 Å². The summed E-state index contributed by atoms with van der Waals surface area (Å²) in [6.45, 7) is 7.32. The minimum atomic E-state index is -0.875. The fourth-order valence-corrected chi connectivity index (χ4v) is 2.29. The molecule has 1 aliphatic heterocycles. The molecule has 1 aromatic rings. The number of rotatable bonds is 4. The normalized spacial score (nSPS) is 14.7. The average Bonchev–Trinajstić information content (AvgIpc) is 2.60. The number of benzene rings is 1. The van der Waals surface area contributed by atoms with Gasteiger partial charge in [-0.25, -0.2) is 9.59 Å². The Morgan fingerprint density at radius 3 is 2.19 bits per heavy atom. The van der Waals surface area contributed by atoms with Gasteiger partial charge in [-0.2, -0.15) is 0 Å². The number of hydrogen-bond acceptors (Lipinski definition) is 5. The van der Waals surface area contributed by atoms with E-state index in [0.29, 0.717) is 31.7 Å². The zero-order valence-electron chi connectivity index (χ0n) is 15.5. The van der Waals surface area contributed by atoms with Crippen LogP contribution in [0.15, 0.2) is 30.3 Å². The predicted molar refractivity (Wildman–Crippen MR) is 95.9 cm³/mol. The first-order valence-corrected chi connectivity index (χ1v) is 8.54. The zero-order valence-corrected chi connectivity index (χ0v) is 15.5. The Balaban J connectivity index is 0.000000412. The fraction of sp³-hybridized carbons (Fsp3) is 0.526. The van der Waals surface area contributed by atoms with E-state index in [1.165, 1.54) is 4.90 Å². The summed E-state index contributed by atoms with van der Waals surface area (Å²) in [4.78, 5) is 33.5. The van der Waals surface area contributed by atoms with Crippen molar-refractivity contribution >= 4 is 18.5 Å². The van der Waals surface area contributed by atoms with Gasteiger partial charge in [-0.05, 0) is 51.7 Å². The third-order valence-corrected chi connectivity index (χ3v) is 3.75. The molecule has 0 spiro atoms. The second kappa shape index (κ2) is 10.4. The monoisotopic (exact) mass is 365 g/mol. The molecule has 0 atom stereocenters. The molecule has 1 N–H and O–H groups in total. The fourth-order valence-electron chi connectivity index (χ4n) is 2.29. The molecule has 1 aliphatic rings. The van der Waals surface area contributed by atoms with E-state index < -0.39 is 6.09 Å². The molecular formula is C19H27NO6. The van der Waals surface area contributed by atoms with Gasteiger partial charge in [-0.3, -0.25) is 4.79 Å². The lowest BCUT2D eigenvalue weighted by Crippen LogP contribution is -2.38. The molecule has 0 saturated carbocycles. The summed E-state index contributed by atoms with van der Waals surface area (Å²) in [5, 5.41) is 8.83. The Bertz CT molecular complexity index is 573. The quantitative estimate of drug-likeness (QED) is 0.651. The molecule has 7 heteroatoms. The lowest BCUT2D eigenvalue weighted by atomic mass is 9.98. The Kier molecular flexibility index (Phi) is 8.61. The third-order valence-electron chi connectivity index (χ3n) is 3.75. The standard InChI is InChI=1S/C14H17NO4.C5H10O2/c16-13(12-4-2-1-3-5-12)19-10-11-6-8-15(9-7-11)14(17)18;1-5(2,3)7-4-6/h1-5,11H,6-10H2,(H,17,18);4H,1-3H3. The van der Waals surface area contributed by atoms with Crippen LogP contribution < -0.4 is 0 Å². The zero-order chi connectivity index (χ0) is 19.6. The minimum absolute atomic E-state index is 0.253. The largest absolute Gasteiger partial charge is 0.465 e. The summed E-state index contributed by atoms with van der Waals surface area (Å²) in [6.07, 6.45) is 0.614. The van der Waals surface area contributed by atoms with E-state index in [4.69, 9.17) is 9.84 Å². The number of likely N-dealkylation sites (tertiary alicyclic amines) is 1. The smallest absolute Gasteiger partial charge is 0.407 e. The van der Waals surface area contributed by atoms with Crippen molar-refractivity contribution in [2.24, 2.45) is 5.92 Å². The van der Waals surface area contributed by atoms with Gasteiger partial charge in [-0.15, -0.1) is 0 Å². The number of ether oxygens (including phenoxy) is 2. The Labute approximate surface area is 153 Å². The molecule has 1 heterocycles. The Morgan fingerprint density at radius 1 is 1.19 bits per heavy atom. The average molecular weight is 365 g/mol. The maximum Gasteiger partial charge on any atom is 0.407 e. The van der Waals surface area contributed by atoms with Crippen LogP contribution in [0.1, 0.15) is 44.0 Å². The molecule has 0 radical (unpaired) electrons. The van der Waals surface area contributed by atoms with Crippen LogP contribution in [0, 0.1) is 5.92 Å². The van der Waals surface area contributed by atoms with Crippen molar-refractivity contribution in [2.45, 2.75) is 39.2 Å². The van der Waals surface area contributed by atoms with Crippen LogP contribution in [-0.2, 0) is 14.3 Å². The Morgan fingerprint density at radius 2 is 1.77 bits per heavy atom. The molecule has 7 nitrogen and oxygen atoms in total. The molecule has 144 valence electrons. The van der Waals surface area contributed by atoms with E-state index in [9.17, 15) is 14.4 Å². The molecule has 1 amide bonds. The van der Waals surface area contributed by atoms with Crippen molar-refractivity contribution in [1.82, 2.24) is 4.90 Å². The molecule has 1 saturated heterocycles. The number of piperidine rings is 1. The van der Waals surface area contributed by atoms with Gasteiger partial charge in [0, 0.05) is 13.1 Å². The summed E-state index contributed by atoms with van der Waals surface area (Å²) < 4.78 is 9.81. The first-order valence-electron chi connectivity index (χ1n) is 8.54. The molecule has 1 fully saturated rings. The number of carbonyl (C=O) groups is 3. The number of hydrogen-bond donors (Lipinski definition) is 1. The first kappa shape index (κ1) is 21.5. The molecule has 1 aromatic carbocycles. The van der Waals surface area contributed by atoms with Gasteiger partial charge in [0.2, 0.25) is 0 Å². The summed E-state index contributed by atoms with van der Waals surface area (Å²) in [5.74, 6) is -0.0653. The van der Waals surface area contributed by atoms with Crippen molar-refractivity contribution in [1.29, 1.82) is 0 Å². The van der Waals surface area contributed by atoms with Crippen molar-refractivity contribution in [2.75, 3.05) is 19.7 Å². The SMILES string of the molecule is CC(C)(C)OC=O.O=C(OCC1CCN(C(=O)O)CC1)c1ccccc1. The number of amides is 1. The lowest BCUT2D eigenvalue weighted by molar-refractivity contribution is -0.138. The maximum absolute atomic E-state index is 11.7.